The van der Waals surface area contributed by atoms with E-state index in [1.807, 2.05) is 0 Å². The molecule has 128 valence electrons. The van der Waals surface area contributed by atoms with E-state index in [1.54, 1.807) is 41.3 Å². The summed E-state index contributed by atoms with van der Waals surface area (Å²) in [6.45, 7) is 0.665. The second-order valence-corrected chi connectivity index (χ2v) is 6.09. The van der Waals surface area contributed by atoms with Crippen LogP contribution in [0.25, 0.3) is 6.08 Å². The molecule has 0 atom stereocenters. The molecule has 0 radical (unpaired) electrons. The molecule has 1 saturated heterocycles. The van der Waals surface area contributed by atoms with Gasteiger partial charge in [0.2, 0.25) is 11.8 Å². The Morgan fingerprint density at radius 1 is 1.20 bits per heavy atom. The van der Waals surface area contributed by atoms with Crippen LogP contribution in [-0.2, 0) is 9.59 Å². The third-order valence-corrected chi connectivity index (χ3v) is 4.22. The molecule has 3 rings (SSSR count). The molecule has 25 heavy (non-hydrogen) atoms. The first kappa shape index (κ1) is 17.2. The number of hydrogen-bond acceptors (Lipinski definition) is 2. The molecule has 0 aliphatic carbocycles. The predicted molar refractivity (Wildman–Crippen MR) is 97.1 cm³/mol. The summed E-state index contributed by atoms with van der Waals surface area (Å²) < 4.78 is 12.9. The highest BCUT2D eigenvalue weighted by atomic mass is 35.5. The second kappa shape index (κ2) is 7.49. The first-order valence-electron chi connectivity index (χ1n) is 7.87. The molecule has 2 aromatic carbocycles. The molecule has 4 nitrogen and oxygen atoms in total. The van der Waals surface area contributed by atoms with Crippen molar-refractivity contribution in [3.05, 3.63) is 64.9 Å². The maximum atomic E-state index is 12.9. The van der Waals surface area contributed by atoms with Crippen molar-refractivity contribution in [1.82, 2.24) is 0 Å². The lowest BCUT2D eigenvalue weighted by Gasteiger charge is -2.17. The zero-order valence-electron chi connectivity index (χ0n) is 13.3. The van der Waals surface area contributed by atoms with Crippen molar-refractivity contribution in [1.29, 1.82) is 0 Å². The number of nitrogens with zero attached hydrogens (tertiary/aromatic N) is 1. The summed E-state index contributed by atoms with van der Waals surface area (Å²) in [7, 11) is 0. The second-order valence-electron chi connectivity index (χ2n) is 5.69. The largest absolute Gasteiger partial charge is 0.321 e. The number of amides is 2. The van der Waals surface area contributed by atoms with Gasteiger partial charge in [-0.1, -0.05) is 23.7 Å². The van der Waals surface area contributed by atoms with E-state index in [0.717, 1.165) is 6.42 Å². The van der Waals surface area contributed by atoms with Crippen LogP contribution in [-0.4, -0.2) is 18.4 Å². The maximum Gasteiger partial charge on any atom is 0.248 e. The van der Waals surface area contributed by atoms with Gasteiger partial charge in [-0.2, -0.15) is 0 Å². The minimum atomic E-state index is -0.365. The molecule has 2 aromatic rings. The van der Waals surface area contributed by atoms with Crippen LogP contribution in [0.2, 0.25) is 5.02 Å². The van der Waals surface area contributed by atoms with Crippen LogP contribution in [0.4, 0.5) is 15.8 Å². The van der Waals surface area contributed by atoms with Gasteiger partial charge < -0.3 is 10.2 Å². The normalized spacial score (nSPS) is 14.3. The van der Waals surface area contributed by atoms with Crippen LogP contribution in [0.5, 0.6) is 0 Å². The van der Waals surface area contributed by atoms with Crippen molar-refractivity contribution in [3.63, 3.8) is 0 Å². The molecule has 1 aliphatic rings. The highest BCUT2D eigenvalue weighted by molar-refractivity contribution is 6.34. The highest BCUT2D eigenvalue weighted by Crippen LogP contribution is 2.30. The minimum Gasteiger partial charge on any atom is -0.321 e. The quantitative estimate of drug-likeness (QED) is 0.830. The third kappa shape index (κ3) is 4.25. The summed E-state index contributed by atoms with van der Waals surface area (Å²) in [4.78, 5) is 25.6. The average molecular weight is 359 g/mol. The molecule has 2 amide bonds. The van der Waals surface area contributed by atoms with Gasteiger partial charge in [0, 0.05) is 24.7 Å². The van der Waals surface area contributed by atoms with Crippen molar-refractivity contribution in [2.24, 2.45) is 0 Å². The topological polar surface area (TPSA) is 49.4 Å². The Morgan fingerprint density at radius 3 is 2.64 bits per heavy atom. The number of hydrogen-bond donors (Lipinski definition) is 1. The number of halogens is 2. The maximum absolute atomic E-state index is 12.9. The fourth-order valence-electron chi connectivity index (χ4n) is 2.62. The first-order valence-corrected chi connectivity index (χ1v) is 8.25. The number of anilines is 2. The Balaban J connectivity index is 1.72. The van der Waals surface area contributed by atoms with Crippen molar-refractivity contribution in [2.75, 3.05) is 16.8 Å². The predicted octanol–water partition coefficient (Wildman–Crippen LogP) is 4.26. The third-order valence-electron chi connectivity index (χ3n) is 3.89. The number of carbonyl (C=O) groups is 2. The molecule has 1 N–H and O–H groups in total. The van der Waals surface area contributed by atoms with Crippen molar-refractivity contribution in [3.8, 4) is 0 Å². The number of nitrogens with one attached hydrogen (secondary N) is 1. The standard InChI is InChI=1S/C19H16ClFN2O2/c20-16-9-8-15(23-11-1-2-19(23)25)12-17(16)22-18(24)10-5-13-3-6-14(21)7-4-13/h3-10,12H,1-2,11H2,(H,22,24)/b10-5+. The van der Waals surface area contributed by atoms with E-state index >= 15 is 0 Å². The van der Waals surface area contributed by atoms with E-state index in [2.05, 4.69) is 5.32 Å². The van der Waals surface area contributed by atoms with E-state index < -0.39 is 0 Å². The molecular weight excluding hydrogens is 343 g/mol. The summed E-state index contributed by atoms with van der Waals surface area (Å²) in [6, 6.07) is 10.9. The molecule has 1 aliphatic heterocycles. The summed E-state index contributed by atoms with van der Waals surface area (Å²) in [5.74, 6) is -0.631. The Labute approximate surface area is 149 Å². The lowest BCUT2D eigenvalue weighted by Crippen LogP contribution is -2.23. The van der Waals surface area contributed by atoms with Gasteiger partial charge in [0.15, 0.2) is 0 Å². The first-order chi connectivity index (χ1) is 12.0. The van der Waals surface area contributed by atoms with E-state index in [4.69, 9.17) is 11.6 Å². The lowest BCUT2D eigenvalue weighted by atomic mass is 10.2. The molecular formula is C19H16ClFN2O2. The smallest absolute Gasteiger partial charge is 0.248 e. The van der Waals surface area contributed by atoms with Gasteiger partial charge in [0.05, 0.1) is 10.7 Å². The summed E-state index contributed by atoms with van der Waals surface area (Å²) in [5, 5.41) is 3.09. The van der Waals surface area contributed by atoms with E-state index in [1.165, 1.54) is 18.2 Å². The van der Waals surface area contributed by atoms with Gasteiger partial charge >= 0.3 is 0 Å². The van der Waals surface area contributed by atoms with E-state index in [-0.39, 0.29) is 17.6 Å². The minimum absolute atomic E-state index is 0.0656. The average Bonchev–Trinajstić information content (AvgIpc) is 3.02. The van der Waals surface area contributed by atoms with Crippen LogP contribution >= 0.6 is 11.6 Å². The molecule has 6 heteroatoms. The van der Waals surface area contributed by atoms with Gasteiger partial charge in [0.1, 0.15) is 5.82 Å². The summed E-state index contributed by atoms with van der Waals surface area (Å²) >= 11 is 6.13. The Kier molecular flexibility index (Phi) is 5.14. The molecule has 0 saturated carbocycles. The molecule has 0 bridgehead atoms. The van der Waals surface area contributed by atoms with Crippen LogP contribution in [0.1, 0.15) is 18.4 Å². The SMILES string of the molecule is O=C(/C=C/c1ccc(F)cc1)Nc1cc(N2CCCC2=O)ccc1Cl. The molecule has 1 fully saturated rings. The van der Waals surface area contributed by atoms with Gasteiger partial charge in [0.25, 0.3) is 0 Å². The van der Waals surface area contributed by atoms with Crippen molar-refractivity contribution < 1.29 is 14.0 Å². The molecule has 1 heterocycles. The Hall–Kier alpha value is -2.66. The van der Waals surface area contributed by atoms with Crippen molar-refractivity contribution in [2.45, 2.75) is 12.8 Å². The lowest BCUT2D eigenvalue weighted by molar-refractivity contribution is -0.117. The van der Waals surface area contributed by atoms with Gasteiger partial charge in [-0.3, -0.25) is 9.59 Å². The van der Waals surface area contributed by atoms with E-state index in [0.29, 0.717) is 34.9 Å². The monoisotopic (exact) mass is 358 g/mol. The molecule has 0 spiro atoms. The molecule has 0 unspecified atom stereocenters. The van der Waals surface area contributed by atoms with Crippen LogP contribution in [0, 0.1) is 5.82 Å². The number of rotatable bonds is 4. The summed E-state index contributed by atoms with van der Waals surface area (Å²) in [5.41, 5.74) is 1.86. The van der Waals surface area contributed by atoms with Gasteiger partial charge in [-0.05, 0) is 48.4 Å². The zero-order chi connectivity index (χ0) is 17.8. The van der Waals surface area contributed by atoms with Gasteiger partial charge in [-0.25, -0.2) is 4.39 Å². The fraction of sp³-hybridized carbons (Fsp3) is 0.158. The Bertz CT molecular complexity index is 834. The molecule has 0 aromatic heterocycles. The highest BCUT2D eigenvalue weighted by Gasteiger charge is 2.22. The van der Waals surface area contributed by atoms with Crippen LogP contribution < -0.4 is 10.2 Å². The Morgan fingerprint density at radius 2 is 1.96 bits per heavy atom. The van der Waals surface area contributed by atoms with Crippen LogP contribution in [0.3, 0.4) is 0 Å². The zero-order valence-corrected chi connectivity index (χ0v) is 14.1. The number of carbonyl (C=O) groups excluding carboxylic acids is 2. The van der Waals surface area contributed by atoms with E-state index in [9.17, 15) is 14.0 Å². The van der Waals surface area contributed by atoms with Gasteiger partial charge in [-0.15, -0.1) is 0 Å². The fourth-order valence-corrected chi connectivity index (χ4v) is 2.78. The van der Waals surface area contributed by atoms with Crippen molar-refractivity contribution >= 4 is 40.9 Å². The summed E-state index contributed by atoms with van der Waals surface area (Å²) in [6.07, 6.45) is 4.28. The number of benzene rings is 2. The van der Waals surface area contributed by atoms with Crippen LogP contribution in [0.15, 0.2) is 48.5 Å².